The summed E-state index contributed by atoms with van der Waals surface area (Å²) in [5.74, 6) is 1.52. The number of aromatic nitrogens is 3. The molecule has 4 rings (SSSR count). The molecule has 0 saturated heterocycles. The van der Waals surface area contributed by atoms with Crippen LogP contribution in [0.4, 0.5) is 21.7 Å². The fraction of sp³-hybridized carbons (Fsp3) is 0.240. The molecule has 0 aliphatic carbocycles. The zero-order chi connectivity index (χ0) is 23.5. The van der Waals surface area contributed by atoms with Crippen molar-refractivity contribution in [1.29, 1.82) is 5.26 Å². The van der Waals surface area contributed by atoms with E-state index in [-0.39, 0.29) is 0 Å². The number of aryl methyl sites for hydroxylation is 2. The number of fused-ring (bicyclic) bond motifs is 1. The first-order valence-corrected chi connectivity index (χ1v) is 10.6. The minimum atomic E-state index is -0.451. The minimum Gasteiger partial charge on any atom is -0.497 e. The average molecular weight is 445 g/mol. The third-order valence-electron chi connectivity index (χ3n) is 5.65. The van der Waals surface area contributed by atoms with Gasteiger partial charge in [0.15, 0.2) is 5.82 Å². The van der Waals surface area contributed by atoms with Crippen molar-refractivity contribution in [1.82, 2.24) is 14.5 Å². The van der Waals surface area contributed by atoms with Crippen LogP contribution in [0.25, 0.3) is 11.0 Å². The Morgan fingerprint density at radius 1 is 1.21 bits per heavy atom. The van der Waals surface area contributed by atoms with E-state index in [0.717, 1.165) is 27.9 Å². The van der Waals surface area contributed by atoms with Crippen LogP contribution < -0.4 is 15.0 Å². The van der Waals surface area contributed by atoms with Crippen LogP contribution >= 0.6 is 0 Å². The smallest absolute Gasteiger partial charge is 0.156 e. The van der Waals surface area contributed by atoms with Gasteiger partial charge in [0.25, 0.3) is 0 Å². The Hall–Kier alpha value is -4.12. The van der Waals surface area contributed by atoms with Gasteiger partial charge in [-0.15, -0.1) is 0 Å². The molecule has 33 heavy (non-hydrogen) atoms. The van der Waals surface area contributed by atoms with Crippen LogP contribution in [0.3, 0.4) is 0 Å². The average Bonchev–Trinajstić information content (AvgIpc) is 3.22. The van der Waals surface area contributed by atoms with Crippen LogP contribution in [-0.4, -0.2) is 28.7 Å². The number of hydrogen-bond donors (Lipinski definition) is 1. The summed E-state index contributed by atoms with van der Waals surface area (Å²) in [7, 11) is 5.32. The fourth-order valence-electron chi connectivity index (χ4n) is 3.82. The molecule has 0 saturated carbocycles. The third-order valence-corrected chi connectivity index (χ3v) is 5.65. The fourth-order valence-corrected chi connectivity index (χ4v) is 3.82. The van der Waals surface area contributed by atoms with Crippen LogP contribution in [-0.2, 0) is 20.0 Å². The Balaban J connectivity index is 1.73. The first-order valence-electron chi connectivity index (χ1n) is 10.6. The van der Waals surface area contributed by atoms with E-state index in [0.29, 0.717) is 35.9 Å². The molecule has 2 aromatic carbocycles. The van der Waals surface area contributed by atoms with E-state index in [1.807, 2.05) is 54.9 Å². The van der Waals surface area contributed by atoms with Crippen molar-refractivity contribution in [2.75, 3.05) is 24.4 Å². The van der Waals surface area contributed by atoms with E-state index in [4.69, 9.17) is 9.72 Å². The second-order valence-electron chi connectivity index (χ2n) is 7.74. The Bertz CT molecular complexity index is 1340. The minimum absolute atomic E-state index is 0.304. The lowest BCUT2D eigenvalue weighted by Crippen LogP contribution is -2.16. The highest BCUT2D eigenvalue weighted by atomic mass is 19.1. The van der Waals surface area contributed by atoms with E-state index < -0.39 is 5.82 Å². The van der Waals surface area contributed by atoms with Crippen molar-refractivity contribution in [3.63, 3.8) is 0 Å². The Morgan fingerprint density at radius 3 is 2.64 bits per heavy atom. The number of anilines is 3. The normalized spacial score (nSPS) is 10.8. The number of hydrogen-bond acceptors (Lipinski definition) is 6. The zero-order valence-electron chi connectivity index (χ0n) is 19.1. The van der Waals surface area contributed by atoms with Gasteiger partial charge in [0.05, 0.1) is 36.3 Å². The molecule has 2 heterocycles. The molecule has 0 bridgehead atoms. The summed E-state index contributed by atoms with van der Waals surface area (Å²) in [6.07, 6.45) is 2.32. The summed E-state index contributed by atoms with van der Waals surface area (Å²) < 4.78 is 22.1. The Morgan fingerprint density at radius 2 is 1.97 bits per heavy atom. The van der Waals surface area contributed by atoms with Gasteiger partial charge in [0, 0.05) is 26.7 Å². The molecule has 0 amide bonds. The monoisotopic (exact) mass is 444 g/mol. The maximum atomic E-state index is 15.0. The molecule has 0 aliphatic rings. The summed E-state index contributed by atoms with van der Waals surface area (Å²) in [5, 5.41) is 12.6. The first-order chi connectivity index (χ1) is 15.9. The lowest BCUT2D eigenvalue weighted by molar-refractivity contribution is 0.414. The number of pyridine rings is 1. The molecule has 0 fully saturated rings. The topological polar surface area (TPSA) is 79.0 Å². The van der Waals surface area contributed by atoms with Gasteiger partial charge in [-0.3, -0.25) is 0 Å². The van der Waals surface area contributed by atoms with Crippen LogP contribution in [0, 0.1) is 17.1 Å². The molecule has 0 unspecified atom stereocenters. The van der Waals surface area contributed by atoms with Crippen LogP contribution in [0.15, 0.2) is 48.8 Å². The number of benzene rings is 2. The number of ether oxygens (including phenoxy) is 1. The summed E-state index contributed by atoms with van der Waals surface area (Å²) >= 11 is 0. The number of imidazole rings is 1. The van der Waals surface area contributed by atoms with Crippen LogP contribution in [0.2, 0.25) is 0 Å². The zero-order valence-corrected chi connectivity index (χ0v) is 19.1. The van der Waals surface area contributed by atoms with Crippen molar-refractivity contribution in [3.8, 4) is 11.8 Å². The molecule has 7 nitrogen and oxygen atoms in total. The maximum absolute atomic E-state index is 15.0. The predicted octanol–water partition coefficient (Wildman–Crippen LogP) is 4.93. The predicted molar refractivity (Wildman–Crippen MR) is 127 cm³/mol. The highest BCUT2D eigenvalue weighted by molar-refractivity contribution is 5.89. The molecular weight excluding hydrogens is 419 g/mol. The molecule has 0 spiro atoms. The van der Waals surface area contributed by atoms with Crippen molar-refractivity contribution in [3.05, 3.63) is 71.3 Å². The van der Waals surface area contributed by atoms with E-state index in [2.05, 4.69) is 10.3 Å². The molecule has 2 aromatic heterocycles. The van der Waals surface area contributed by atoms with Gasteiger partial charge in [-0.05, 0) is 41.8 Å². The molecule has 4 aromatic rings. The molecule has 168 valence electrons. The standard InChI is InChI=1S/C25H25FN6O/c1-5-18-10-17(13-27)11-20(26)24(18)32(3)22-12-21-23(29-15-31(21)2)25(30-22)28-14-16-6-8-19(33-4)9-7-16/h6-12,15H,5,14H2,1-4H3,(H,28,30). The third kappa shape index (κ3) is 4.30. The van der Waals surface area contributed by atoms with Crippen molar-refractivity contribution in [2.45, 2.75) is 19.9 Å². The molecule has 1 N–H and O–H groups in total. The van der Waals surface area contributed by atoms with Gasteiger partial charge in [-0.1, -0.05) is 19.1 Å². The molecule has 0 radical (unpaired) electrons. The van der Waals surface area contributed by atoms with Crippen molar-refractivity contribution >= 4 is 28.4 Å². The number of nitrogens with one attached hydrogen (secondary N) is 1. The van der Waals surface area contributed by atoms with Gasteiger partial charge in [-0.25, -0.2) is 14.4 Å². The van der Waals surface area contributed by atoms with E-state index in [1.165, 1.54) is 6.07 Å². The van der Waals surface area contributed by atoms with E-state index in [9.17, 15) is 5.26 Å². The summed E-state index contributed by atoms with van der Waals surface area (Å²) in [6.45, 7) is 2.48. The lowest BCUT2D eigenvalue weighted by atomic mass is 10.1. The van der Waals surface area contributed by atoms with Gasteiger partial charge in [0.2, 0.25) is 0 Å². The number of rotatable bonds is 7. The van der Waals surface area contributed by atoms with Gasteiger partial charge in [-0.2, -0.15) is 5.26 Å². The number of halogens is 1. The number of nitrogens with zero attached hydrogens (tertiary/aromatic N) is 5. The number of methoxy groups -OCH3 is 1. The highest BCUT2D eigenvalue weighted by Gasteiger charge is 2.19. The quantitative estimate of drug-likeness (QED) is 0.435. The van der Waals surface area contributed by atoms with Crippen molar-refractivity contribution < 1.29 is 9.13 Å². The van der Waals surface area contributed by atoms with Gasteiger partial charge >= 0.3 is 0 Å². The first kappa shape index (κ1) is 22.1. The van der Waals surface area contributed by atoms with Gasteiger partial charge < -0.3 is 19.5 Å². The van der Waals surface area contributed by atoms with Crippen LogP contribution in [0.5, 0.6) is 5.75 Å². The SMILES string of the molecule is CCc1cc(C#N)cc(F)c1N(C)c1cc2c(ncn2C)c(NCc2ccc(OC)cc2)n1. The summed E-state index contributed by atoms with van der Waals surface area (Å²) in [5.41, 5.74) is 4.13. The Kier molecular flexibility index (Phi) is 6.13. The van der Waals surface area contributed by atoms with Crippen LogP contribution in [0.1, 0.15) is 23.6 Å². The highest BCUT2D eigenvalue weighted by Crippen LogP contribution is 2.33. The molecular formula is C25H25FN6O. The molecule has 8 heteroatoms. The largest absolute Gasteiger partial charge is 0.497 e. The Labute approximate surface area is 192 Å². The maximum Gasteiger partial charge on any atom is 0.156 e. The summed E-state index contributed by atoms with van der Waals surface area (Å²) in [6, 6.07) is 14.7. The van der Waals surface area contributed by atoms with Gasteiger partial charge in [0.1, 0.15) is 22.9 Å². The van der Waals surface area contributed by atoms with E-state index in [1.54, 1.807) is 31.5 Å². The molecule has 0 atom stereocenters. The second kappa shape index (κ2) is 9.17. The summed E-state index contributed by atoms with van der Waals surface area (Å²) in [4.78, 5) is 11.0. The number of nitriles is 1. The second-order valence-corrected chi connectivity index (χ2v) is 7.74. The molecule has 0 aliphatic heterocycles. The van der Waals surface area contributed by atoms with Crippen molar-refractivity contribution in [2.24, 2.45) is 7.05 Å². The lowest BCUT2D eigenvalue weighted by Gasteiger charge is -2.23. The van der Waals surface area contributed by atoms with E-state index >= 15 is 4.39 Å².